The molecule has 0 radical (unpaired) electrons. The highest BCUT2D eigenvalue weighted by Crippen LogP contribution is 2.19. The van der Waals surface area contributed by atoms with E-state index in [-0.39, 0.29) is 42.2 Å². The number of sulfone groups is 1. The quantitative estimate of drug-likeness (QED) is 0.759. The van der Waals surface area contributed by atoms with Gasteiger partial charge in [-0.3, -0.25) is 0 Å². The molecule has 1 saturated heterocycles. The van der Waals surface area contributed by atoms with E-state index in [4.69, 9.17) is 11.6 Å². The molecule has 5 nitrogen and oxygen atoms in total. The van der Waals surface area contributed by atoms with E-state index in [1.54, 1.807) is 0 Å². The van der Waals surface area contributed by atoms with Gasteiger partial charge in [0, 0.05) is 11.9 Å². The molecule has 8 heteroatoms. The van der Waals surface area contributed by atoms with E-state index in [9.17, 15) is 16.8 Å². The summed E-state index contributed by atoms with van der Waals surface area (Å²) in [6, 6.07) is 0. The van der Waals surface area contributed by atoms with Crippen molar-refractivity contribution in [3.63, 3.8) is 0 Å². The topological polar surface area (TPSA) is 80.3 Å². The minimum atomic E-state index is -3.46. The Bertz CT molecular complexity index is 458. The van der Waals surface area contributed by atoms with Gasteiger partial charge in [0.25, 0.3) is 0 Å². The van der Waals surface area contributed by atoms with Gasteiger partial charge in [-0.2, -0.15) is 0 Å². The van der Waals surface area contributed by atoms with Gasteiger partial charge >= 0.3 is 0 Å². The molecule has 0 amide bonds. The Morgan fingerprint density at radius 1 is 1.28 bits per heavy atom. The van der Waals surface area contributed by atoms with E-state index in [0.717, 1.165) is 0 Å². The molecule has 1 unspecified atom stereocenters. The van der Waals surface area contributed by atoms with Crippen molar-refractivity contribution >= 4 is 31.5 Å². The summed E-state index contributed by atoms with van der Waals surface area (Å²) in [5, 5.41) is -0.871. The predicted octanol–water partition coefficient (Wildman–Crippen LogP) is 0.746. The smallest absolute Gasteiger partial charge is 0.214 e. The fourth-order valence-corrected chi connectivity index (χ4v) is 5.19. The first-order chi connectivity index (χ1) is 8.14. The molecule has 1 aliphatic heterocycles. The highest BCUT2D eigenvalue weighted by Gasteiger charge is 2.32. The van der Waals surface area contributed by atoms with Crippen LogP contribution in [-0.2, 0) is 19.9 Å². The summed E-state index contributed by atoms with van der Waals surface area (Å²) in [5.74, 6) is 0.0845. The van der Waals surface area contributed by atoms with Crippen LogP contribution < -0.4 is 4.72 Å². The van der Waals surface area contributed by atoms with Crippen molar-refractivity contribution in [1.82, 2.24) is 4.72 Å². The lowest BCUT2D eigenvalue weighted by Crippen LogP contribution is -2.42. The maximum absolute atomic E-state index is 12.0. The van der Waals surface area contributed by atoms with Gasteiger partial charge in [-0.15, -0.1) is 11.6 Å². The number of alkyl halides is 1. The van der Waals surface area contributed by atoms with Crippen LogP contribution in [0.15, 0.2) is 0 Å². The molecular weight excluding hydrogens is 298 g/mol. The first kappa shape index (κ1) is 16.2. The average molecular weight is 318 g/mol. The Morgan fingerprint density at radius 2 is 1.78 bits per heavy atom. The molecular formula is C10H20ClNO4S2. The lowest BCUT2D eigenvalue weighted by atomic mass is 10.1. The van der Waals surface area contributed by atoms with Crippen molar-refractivity contribution in [3.8, 4) is 0 Å². The normalized spacial score (nSPS) is 23.1. The molecule has 0 bridgehead atoms. The average Bonchev–Trinajstić information content (AvgIpc) is 2.25. The van der Waals surface area contributed by atoms with Crippen LogP contribution in [-0.4, -0.2) is 45.5 Å². The van der Waals surface area contributed by atoms with Crippen molar-refractivity contribution < 1.29 is 16.8 Å². The molecule has 18 heavy (non-hydrogen) atoms. The Morgan fingerprint density at radius 3 is 2.22 bits per heavy atom. The number of halogens is 1. The zero-order valence-electron chi connectivity index (χ0n) is 10.6. The largest absolute Gasteiger partial charge is 0.229 e. The SMILES string of the molecule is CC(C)C(Cl)CNS(=O)(=O)C1CCS(=O)(=O)CC1. The Balaban J connectivity index is 2.55. The van der Waals surface area contributed by atoms with E-state index in [0.29, 0.717) is 0 Å². The Kier molecular flexibility index (Phi) is 5.46. The second-order valence-corrected chi connectivity index (χ2v) is 9.91. The van der Waals surface area contributed by atoms with E-state index >= 15 is 0 Å². The van der Waals surface area contributed by atoms with Gasteiger partial charge in [0.1, 0.15) is 9.84 Å². The summed E-state index contributed by atoms with van der Waals surface area (Å²) in [4.78, 5) is 0. The second-order valence-electron chi connectivity index (χ2n) is 5.00. The molecule has 0 spiro atoms. The van der Waals surface area contributed by atoms with Gasteiger partial charge in [-0.05, 0) is 18.8 Å². The standard InChI is InChI=1S/C10H20ClNO4S2/c1-8(2)10(11)7-12-18(15,16)9-3-5-17(13,14)6-4-9/h8-10,12H,3-7H2,1-2H3. The van der Waals surface area contributed by atoms with Gasteiger partial charge in [0.2, 0.25) is 10.0 Å². The third-order valence-corrected chi connectivity index (χ3v) is 7.44. The zero-order valence-corrected chi connectivity index (χ0v) is 13.0. The second kappa shape index (κ2) is 6.07. The number of nitrogens with one attached hydrogen (secondary N) is 1. The first-order valence-corrected chi connectivity index (χ1v) is 9.77. The van der Waals surface area contributed by atoms with E-state index in [2.05, 4.69) is 4.72 Å². The Hall–Kier alpha value is 0.150. The van der Waals surface area contributed by atoms with Crippen molar-refractivity contribution in [2.24, 2.45) is 5.92 Å². The van der Waals surface area contributed by atoms with E-state index in [1.165, 1.54) is 0 Å². The highest BCUT2D eigenvalue weighted by molar-refractivity contribution is 7.92. The highest BCUT2D eigenvalue weighted by atomic mass is 35.5. The summed E-state index contributed by atoms with van der Waals surface area (Å²) in [5.41, 5.74) is 0. The van der Waals surface area contributed by atoms with Crippen LogP contribution in [0.2, 0.25) is 0 Å². The number of rotatable bonds is 5. The van der Waals surface area contributed by atoms with Crippen LogP contribution >= 0.6 is 11.6 Å². The van der Waals surface area contributed by atoms with Gasteiger partial charge in [0.05, 0.1) is 16.8 Å². The minimum absolute atomic E-state index is 0.0486. The molecule has 0 aromatic heterocycles. The van der Waals surface area contributed by atoms with Gasteiger partial charge in [-0.1, -0.05) is 13.8 Å². The monoisotopic (exact) mass is 317 g/mol. The molecule has 1 aliphatic rings. The van der Waals surface area contributed by atoms with Gasteiger partial charge in [-0.25, -0.2) is 21.6 Å². The predicted molar refractivity (Wildman–Crippen MR) is 73.1 cm³/mol. The van der Waals surface area contributed by atoms with Crippen LogP contribution in [0.3, 0.4) is 0 Å². The van der Waals surface area contributed by atoms with Crippen molar-refractivity contribution in [1.29, 1.82) is 0 Å². The third kappa shape index (κ3) is 4.68. The molecule has 1 N–H and O–H groups in total. The van der Waals surface area contributed by atoms with E-state index in [1.807, 2.05) is 13.8 Å². The lowest BCUT2D eigenvalue weighted by molar-refractivity contribution is 0.531. The van der Waals surface area contributed by atoms with Crippen LogP contribution in [0.5, 0.6) is 0 Å². The van der Waals surface area contributed by atoms with Crippen molar-refractivity contribution in [2.45, 2.75) is 37.3 Å². The zero-order chi connectivity index (χ0) is 14.0. The molecule has 1 atom stereocenters. The Labute approximate surface area is 114 Å². The van der Waals surface area contributed by atoms with Crippen LogP contribution in [0, 0.1) is 5.92 Å². The summed E-state index contributed by atoms with van der Waals surface area (Å²) in [7, 11) is -6.50. The molecule has 1 heterocycles. The number of sulfonamides is 1. The molecule has 1 fully saturated rings. The third-order valence-electron chi connectivity index (χ3n) is 3.14. The van der Waals surface area contributed by atoms with E-state index < -0.39 is 25.1 Å². The van der Waals surface area contributed by atoms with Crippen LogP contribution in [0.25, 0.3) is 0 Å². The summed E-state index contributed by atoms with van der Waals surface area (Å²) in [6.45, 7) is 4.02. The van der Waals surface area contributed by atoms with Crippen molar-refractivity contribution in [2.75, 3.05) is 18.1 Å². The van der Waals surface area contributed by atoms with Crippen LogP contribution in [0.1, 0.15) is 26.7 Å². The maximum Gasteiger partial charge on any atom is 0.214 e. The minimum Gasteiger partial charge on any atom is -0.229 e. The van der Waals surface area contributed by atoms with Gasteiger partial charge in [0.15, 0.2) is 0 Å². The summed E-state index contributed by atoms with van der Waals surface area (Å²) >= 11 is 5.98. The summed E-state index contributed by atoms with van der Waals surface area (Å²) in [6.07, 6.45) is 0.346. The molecule has 0 aromatic carbocycles. The molecule has 0 aliphatic carbocycles. The summed E-state index contributed by atoms with van der Waals surface area (Å²) < 4.78 is 48.9. The lowest BCUT2D eigenvalue weighted by Gasteiger charge is -2.23. The fourth-order valence-electron chi connectivity index (χ4n) is 1.73. The van der Waals surface area contributed by atoms with Crippen molar-refractivity contribution in [3.05, 3.63) is 0 Å². The van der Waals surface area contributed by atoms with Crippen LogP contribution in [0.4, 0.5) is 0 Å². The molecule has 108 valence electrons. The van der Waals surface area contributed by atoms with Gasteiger partial charge < -0.3 is 0 Å². The maximum atomic E-state index is 12.0. The molecule has 0 aromatic rings. The number of hydrogen-bond acceptors (Lipinski definition) is 4. The number of hydrogen-bond donors (Lipinski definition) is 1. The fraction of sp³-hybridized carbons (Fsp3) is 1.00. The first-order valence-electron chi connectivity index (χ1n) is 5.97. The molecule has 1 rings (SSSR count). The molecule has 0 saturated carbocycles.